The topological polar surface area (TPSA) is 73.3 Å². The zero-order valence-corrected chi connectivity index (χ0v) is 13.5. The van der Waals surface area contributed by atoms with E-state index in [2.05, 4.69) is 4.98 Å². The lowest BCUT2D eigenvalue weighted by molar-refractivity contribution is -0.136. The number of aliphatic carboxylic acids is 1. The summed E-state index contributed by atoms with van der Waals surface area (Å²) in [4.78, 5) is 16.3. The number of aryl methyl sites for hydroxylation is 1. The standard InChI is InChI=1S/C18H17NO3S/c1-11-18(15-6-5-13(10-20)8-16(15)19-11)23-14-4-2-3-12(7-14)9-17(21)22/h2-8,19-20H,9-10H2,1H3,(H,21,22). The van der Waals surface area contributed by atoms with Crippen molar-refractivity contribution >= 4 is 28.6 Å². The summed E-state index contributed by atoms with van der Waals surface area (Å²) in [5, 5.41) is 19.3. The van der Waals surface area contributed by atoms with Crippen molar-refractivity contribution in [2.24, 2.45) is 0 Å². The van der Waals surface area contributed by atoms with Gasteiger partial charge in [0.05, 0.1) is 13.0 Å². The maximum atomic E-state index is 10.9. The summed E-state index contributed by atoms with van der Waals surface area (Å²) in [6.07, 6.45) is 0.0289. The van der Waals surface area contributed by atoms with Crippen molar-refractivity contribution in [3.8, 4) is 0 Å². The van der Waals surface area contributed by atoms with Crippen LogP contribution in [0.3, 0.4) is 0 Å². The Balaban J connectivity index is 1.95. The number of rotatable bonds is 5. The number of hydrogen-bond acceptors (Lipinski definition) is 3. The molecular formula is C18H17NO3S. The Morgan fingerprint density at radius 3 is 2.74 bits per heavy atom. The van der Waals surface area contributed by atoms with E-state index in [0.717, 1.165) is 37.5 Å². The highest BCUT2D eigenvalue weighted by Crippen LogP contribution is 2.37. The first-order valence-corrected chi connectivity index (χ1v) is 8.09. The Morgan fingerprint density at radius 2 is 2.00 bits per heavy atom. The number of carboxylic acids is 1. The molecule has 0 aliphatic carbocycles. The first kappa shape index (κ1) is 15.6. The lowest BCUT2D eigenvalue weighted by Crippen LogP contribution is -1.99. The van der Waals surface area contributed by atoms with Gasteiger partial charge >= 0.3 is 5.97 Å². The van der Waals surface area contributed by atoms with Gasteiger partial charge in [-0.15, -0.1) is 0 Å². The molecule has 23 heavy (non-hydrogen) atoms. The average molecular weight is 327 g/mol. The van der Waals surface area contributed by atoms with Gasteiger partial charge in [0.25, 0.3) is 0 Å². The van der Waals surface area contributed by atoms with Gasteiger partial charge in [-0.25, -0.2) is 0 Å². The zero-order valence-electron chi connectivity index (χ0n) is 12.7. The maximum Gasteiger partial charge on any atom is 0.307 e. The van der Waals surface area contributed by atoms with Gasteiger partial charge in [0, 0.05) is 26.4 Å². The van der Waals surface area contributed by atoms with E-state index in [-0.39, 0.29) is 13.0 Å². The van der Waals surface area contributed by atoms with E-state index < -0.39 is 5.97 Å². The van der Waals surface area contributed by atoms with Crippen LogP contribution in [0.5, 0.6) is 0 Å². The van der Waals surface area contributed by atoms with Gasteiger partial charge in [-0.1, -0.05) is 36.0 Å². The van der Waals surface area contributed by atoms with E-state index in [1.807, 2.05) is 49.4 Å². The summed E-state index contributed by atoms with van der Waals surface area (Å²) in [5.74, 6) is -0.827. The number of aromatic amines is 1. The van der Waals surface area contributed by atoms with Crippen molar-refractivity contribution in [3.63, 3.8) is 0 Å². The van der Waals surface area contributed by atoms with Crippen LogP contribution in [0.1, 0.15) is 16.8 Å². The van der Waals surface area contributed by atoms with Crippen molar-refractivity contribution in [2.45, 2.75) is 29.7 Å². The minimum atomic E-state index is -0.827. The molecular weight excluding hydrogens is 310 g/mol. The van der Waals surface area contributed by atoms with E-state index in [1.165, 1.54) is 0 Å². The van der Waals surface area contributed by atoms with Gasteiger partial charge in [0.2, 0.25) is 0 Å². The number of carbonyl (C=O) groups is 1. The van der Waals surface area contributed by atoms with Crippen LogP contribution in [-0.4, -0.2) is 21.2 Å². The molecule has 0 spiro atoms. The quantitative estimate of drug-likeness (QED) is 0.667. The molecule has 0 saturated heterocycles. The highest BCUT2D eigenvalue weighted by atomic mass is 32.2. The number of fused-ring (bicyclic) bond motifs is 1. The molecule has 0 aliphatic heterocycles. The van der Waals surface area contributed by atoms with Crippen molar-refractivity contribution in [1.82, 2.24) is 4.98 Å². The molecule has 0 aliphatic rings. The summed E-state index contributed by atoms with van der Waals surface area (Å²) in [5.41, 5.74) is 3.73. The van der Waals surface area contributed by atoms with Crippen LogP contribution in [0.25, 0.3) is 10.9 Å². The van der Waals surface area contributed by atoms with Crippen molar-refractivity contribution < 1.29 is 15.0 Å². The number of hydrogen-bond donors (Lipinski definition) is 3. The molecule has 0 saturated carbocycles. The predicted molar refractivity (Wildman–Crippen MR) is 90.9 cm³/mol. The second kappa shape index (κ2) is 6.48. The number of aliphatic hydroxyl groups is 1. The highest BCUT2D eigenvalue weighted by Gasteiger charge is 2.11. The second-order valence-electron chi connectivity index (χ2n) is 5.44. The van der Waals surface area contributed by atoms with Crippen LogP contribution >= 0.6 is 11.8 Å². The molecule has 5 heteroatoms. The van der Waals surface area contributed by atoms with Gasteiger partial charge in [0.15, 0.2) is 0 Å². The number of carboxylic acid groups (broad SMARTS) is 1. The van der Waals surface area contributed by atoms with Gasteiger partial charge in [-0.3, -0.25) is 4.79 Å². The maximum absolute atomic E-state index is 10.9. The lowest BCUT2D eigenvalue weighted by Gasteiger charge is -2.05. The Kier molecular flexibility index (Phi) is 4.41. The molecule has 0 bridgehead atoms. The van der Waals surface area contributed by atoms with Crippen molar-refractivity contribution in [2.75, 3.05) is 0 Å². The zero-order chi connectivity index (χ0) is 16.4. The fourth-order valence-electron chi connectivity index (χ4n) is 2.59. The fraction of sp³-hybridized carbons (Fsp3) is 0.167. The number of nitrogens with one attached hydrogen (secondary N) is 1. The van der Waals surface area contributed by atoms with Crippen LogP contribution < -0.4 is 0 Å². The van der Waals surface area contributed by atoms with E-state index in [0.29, 0.717) is 0 Å². The number of aromatic nitrogens is 1. The summed E-state index contributed by atoms with van der Waals surface area (Å²) in [6, 6.07) is 13.5. The molecule has 1 aromatic heterocycles. The van der Waals surface area contributed by atoms with Crippen LogP contribution in [-0.2, 0) is 17.8 Å². The monoisotopic (exact) mass is 327 g/mol. The average Bonchev–Trinajstić information content (AvgIpc) is 2.82. The predicted octanol–water partition coefficient (Wildman–Crippen LogP) is 3.75. The van der Waals surface area contributed by atoms with E-state index >= 15 is 0 Å². The number of benzene rings is 2. The van der Waals surface area contributed by atoms with Crippen LogP contribution in [0.4, 0.5) is 0 Å². The largest absolute Gasteiger partial charge is 0.481 e. The fourth-order valence-corrected chi connectivity index (χ4v) is 3.68. The molecule has 3 rings (SSSR count). The summed E-state index contributed by atoms with van der Waals surface area (Å²) < 4.78 is 0. The van der Waals surface area contributed by atoms with Gasteiger partial charge in [0.1, 0.15) is 0 Å². The van der Waals surface area contributed by atoms with E-state index in [4.69, 9.17) is 5.11 Å². The Labute approximate surface area is 138 Å². The van der Waals surface area contributed by atoms with E-state index in [9.17, 15) is 9.90 Å². The third kappa shape index (κ3) is 3.41. The molecule has 0 radical (unpaired) electrons. The first-order chi connectivity index (χ1) is 11.1. The molecule has 118 valence electrons. The van der Waals surface area contributed by atoms with Crippen LogP contribution in [0, 0.1) is 6.92 Å². The molecule has 1 heterocycles. The molecule has 0 unspecified atom stereocenters. The van der Waals surface area contributed by atoms with Crippen molar-refractivity contribution in [1.29, 1.82) is 0 Å². The Bertz CT molecular complexity index is 870. The smallest absolute Gasteiger partial charge is 0.307 e. The molecule has 3 aromatic rings. The van der Waals surface area contributed by atoms with Gasteiger partial charge in [-0.2, -0.15) is 0 Å². The summed E-state index contributed by atoms with van der Waals surface area (Å²) in [6.45, 7) is 2.04. The minimum Gasteiger partial charge on any atom is -0.481 e. The van der Waals surface area contributed by atoms with E-state index in [1.54, 1.807) is 11.8 Å². The minimum absolute atomic E-state index is 0.0215. The van der Waals surface area contributed by atoms with Crippen molar-refractivity contribution in [3.05, 3.63) is 59.3 Å². The summed E-state index contributed by atoms with van der Waals surface area (Å²) >= 11 is 1.62. The van der Waals surface area contributed by atoms with Gasteiger partial charge in [-0.05, 0) is 36.2 Å². The Morgan fingerprint density at radius 1 is 1.17 bits per heavy atom. The van der Waals surface area contributed by atoms with Crippen LogP contribution in [0.2, 0.25) is 0 Å². The third-order valence-electron chi connectivity index (χ3n) is 3.65. The van der Waals surface area contributed by atoms with Crippen LogP contribution in [0.15, 0.2) is 52.3 Å². The second-order valence-corrected chi connectivity index (χ2v) is 6.52. The third-order valence-corrected chi connectivity index (χ3v) is 4.87. The molecule has 4 nitrogen and oxygen atoms in total. The molecule has 0 atom stereocenters. The number of aliphatic hydroxyl groups excluding tert-OH is 1. The normalized spacial score (nSPS) is 11.0. The molecule has 3 N–H and O–H groups in total. The lowest BCUT2D eigenvalue weighted by atomic mass is 10.1. The summed E-state index contributed by atoms with van der Waals surface area (Å²) in [7, 11) is 0. The van der Waals surface area contributed by atoms with Gasteiger partial charge < -0.3 is 15.2 Å². The molecule has 2 aromatic carbocycles. The first-order valence-electron chi connectivity index (χ1n) is 7.27. The SMILES string of the molecule is Cc1[nH]c2cc(CO)ccc2c1Sc1cccc(CC(=O)O)c1. The highest BCUT2D eigenvalue weighted by molar-refractivity contribution is 7.99. The Hall–Kier alpha value is -2.24. The molecule has 0 amide bonds. The molecule has 0 fully saturated rings. The number of H-pyrrole nitrogens is 1.